The summed E-state index contributed by atoms with van der Waals surface area (Å²) in [5.74, 6) is 0.251. The normalized spacial score (nSPS) is 27.1. The van der Waals surface area contributed by atoms with Gasteiger partial charge in [0.25, 0.3) is 0 Å². The number of nitrogens with zero attached hydrogens (tertiary/aromatic N) is 5. The third-order valence-corrected chi connectivity index (χ3v) is 4.32. The number of rotatable bonds is 3. The van der Waals surface area contributed by atoms with Gasteiger partial charge in [-0.15, -0.1) is 5.10 Å². The molecule has 0 aliphatic carbocycles. The molecule has 0 spiro atoms. The van der Waals surface area contributed by atoms with Crippen LogP contribution < -0.4 is 11.1 Å². The van der Waals surface area contributed by atoms with Crippen LogP contribution in [-0.2, 0) is 0 Å². The zero-order valence-corrected chi connectivity index (χ0v) is 12.4. The van der Waals surface area contributed by atoms with E-state index in [1.165, 1.54) is 6.33 Å². The van der Waals surface area contributed by atoms with Gasteiger partial charge in [-0.2, -0.15) is 5.10 Å². The summed E-state index contributed by atoms with van der Waals surface area (Å²) < 4.78 is 1.54. The molecule has 1 fully saturated rings. The lowest BCUT2D eigenvalue weighted by molar-refractivity contribution is 0.0189. The highest BCUT2D eigenvalue weighted by Gasteiger charge is 2.43. The van der Waals surface area contributed by atoms with Crippen molar-refractivity contribution >= 4 is 11.3 Å². The fourth-order valence-electron chi connectivity index (χ4n) is 3.13. The second kappa shape index (κ2) is 5.49. The molecule has 0 amide bonds. The van der Waals surface area contributed by atoms with E-state index in [4.69, 9.17) is 5.73 Å². The minimum Gasteiger partial charge on any atom is -0.395 e. The van der Waals surface area contributed by atoms with Crippen molar-refractivity contribution < 1.29 is 15.3 Å². The Labute approximate surface area is 135 Å². The van der Waals surface area contributed by atoms with E-state index < -0.39 is 24.3 Å². The predicted molar refractivity (Wildman–Crippen MR) is 81.5 cm³/mol. The average Bonchev–Trinajstić information content (AvgIpc) is 3.28. The molecule has 11 heteroatoms. The van der Waals surface area contributed by atoms with E-state index in [-0.39, 0.29) is 12.4 Å². The topological polar surface area (TPSA) is 170 Å². The van der Waals surface area contributed by atoms with Gasteiger partial charge >= 0.3 is 0 Å². The molecule has 11 nitrogen and oxygen atoms in total. The molecule has 3 aromatic rings. The Bertz CT molecular complexity index is 864. The average molecular weight is 332 g/mol. The van der Waals surface area contributed by atoms with Gasteiger partial charge in [-0.25, -0.2) is 9.50 Å². The first-order chi connectivity index (χ1) is 11.6. The zero-order chi connectivity index (χ0) is 16.8. The molecular formula is C13H16N8O3. The Morgan fingerprint density at radius 2 is 2.12 bits per heavy atom. The number of H-pyrrole nitrogens is 1. The number of aromatic nitrogens is 6. The number of aromatic amines is 1. The molecule has 126 valence electrons. The number of nitrogens with one attached hydrogen (secondary N) is 2. The number of hydrogen-bond acceptors (Lipinski definition) is 9. The van der Waals surface area contributed by atoms with Gasteiger partial charge in [-0.05, 0) is 6.07 Å². The third-order valence-electron chi connectivity index (χ3n) is 4.32. The Morgan fingerprint density at radius 3 is 2.79 bits per heavy atom. The lowest BCUT2D eigenvalue weighted by Gasteiger charge is -2.15. The maximum atomic E-state index is 10.3. The van der Waals surface area contributed by atoms with E-state index in [1.54, 1.807) is 16.8 Å². The van der Waals surface area contributed by atoms with Crippen LogP contribution in [0.1, 0.15) is 11.7 Å². The molecule has 24 heavy (non-hydrogen) atoms. The number of fused-ring (bicyclic) bond motifs is 1. The highest BCUT2D eigenvalue weighted by atomic mass is 16.3. The van der Waals surface area contributed by atoms with Crippen molar-refractivity contribution in [3.63, 3.8) is 0 Å². The number of anilines is 1. The number of hydrogen-bond donors (Lipinski definition) is 6. The van der Waals surface area contributed by atoms with Gasteiger partial charge in [-0.3, -0.25) is 10.4 Å². The Balaban J connectivity index is 1.90. The molecule has 0 aromatic carbocycles. The molecule has 4 atom stereocenters. The first-order valence-electron chi connectivity index (χ1n) is 7.33. The molecule has 4 heterocycles. The van der Waals surface area contributed by atoms with Gasteiger partial charge in [0.2, 0.25) is 0 Å². The van der Waals surface area contributed by atoms with E-state index in [2.05, 4.69) is 30.8 Å². The van der Waals surface area contributed by atoms with Gasteiger partial charge in [0.1, 0.15) is 23.6 Å². The first-order valence-corrected chi connectivity index (χ1v) is 7.33. The minimum atomic E-state index is -1.11. The molecule has 1 aliphatic rings. The number of nitrogens with two attached hydrogens (primary N) is 1. The van der Waals surface area contributed by atoms with Crippen LogP contribution in [0.25, 0.3) is 16.8 Å². The lowest BCUT2D eigenvalue weighted by Crippen LogP contribution is -2.35. The van der Waals surface area contributed by atoms with Crippen LogP contribution in [0.4, 0.5) is 5.82 Å². The molecule has 0 bridgehead atoms. The summed E-state index contributed by atoms with van der Waals surface area (Å²) in [6.07, 6.45) is 0.705. The van der Waals surface area contributed by atoms with Crippen molar-refractivity contribution in [3.05, 3.63) is 24.3 Å². The summed E-state index contributed by atoms with van der Waals surface area (Å²) in [4.78, 5) is 4.00. The molecule has 3 aromatic heterocycles. The van der Waals surface area contributed by atoms with Crippen molar-refractivity contribution in [1.82, 2.24) is 35.3 Å². The van der Waals surface area contributed by atoms with Crippen LogP contribution in [0.5, 0.6) is 0 Å². The van der Waals surface area contributed by atoms with Crippen molar-refractivity contribution in [2.75, 3.05) is 12.3 Å². The number of aliphatic hydroxyl groups excluding tert-OH is 3. The van der Waals surface area contributed by atoms with Crippen LogP contribution in [0.2, 0.25) is 0 Å². The fraction of sp³-hybridized carbons (Fsp3) is 0.385. The van der Waals surface area contributed by atoms with Crippen LogP contribution in [0.15, 0.2) is 18.6 Å². The standard InChI is InChI=1S/C13H16N8O3/c14-13-10-5(6-2-16-20-19-6)1-8(21(10)17-4-15-13)9-12(24)11(23)7(3-22)18-9/h1-2,4,7,9,11-12,18,22-24H,3H2,(H2,14,15,17)(H,16,19,20)/t7-,9+,11-,12+/m1/s1. The molecule has 0 radical (unpaired) electrons. The van der Waals surface area contributed by atoms with Gasteiger partial charge in [0.05, 0.1) is 36.7 Å². The SMILES string of the molecule is Nc1ncnn2c([C@@H]3N[C@H](CO)[C@@H](O)[C@H]3O)cc(-c3c[nH]nn3)c12. The Kier molecular flexibility index (Phi) is 3.42. The first kappa shape index (κ1) is 15.0. The van der Waals surface area contributed by atoms with E-state index in [1.807, 2.05) is 0 Å². The van der Waals surface area contributed by atoms with Crippen molar-refractivity contribution in [3.8, 4) is 11.3 Å². The quantitative estimate of drug-likeness (QED) is 0.312. The van der Waals surface area contributed by atoms with E-state index >= 15 is 0 Å². The summed E-state index contributed by atoms with van der Waals surface area (Å²) in [5.41, 5.74) is 8.28. The maximum absolute atomic E-state index is 10.3. The van der Waals surface area contributed by atoms with Gasteiger partial charge < -0.3 is 21.1 Å². The van der Waals surface area contributed by atoms with E-state index in [0.29, 0.717) is 22.5 Å². The van der Waals surface area contributed by atoms with Crippen LogP contribution >= 0.6 is 0 Å². The van der Waals surface area contributed by atoms with Gasteiger partial charge in [0.15, 0.2) is 5.82 Å². The molecule has 1 saturated heterocycles. The largest absolute Gasteiger partial charge is 0.395 e. The highest BCUT2D eigenvalue weighted by molar-refractivity contribution is 5.86. The fourth-order valence-corrected chi connectivity index (χ4v) is 3.13. The van der Waals surface area contributed by atoms with Gasteiger partial charge in [0, 0.05) is 5.56 Å². The summed E-state index contributed by atoms with van der Waals surface area (Å²) in [6, 6.07) is 0.482. The monoisotopic (exact) mass is 332 g/mol. The molecule has 0 saturated carbocycles. The van der Waals surface area contributed by atoms with Crippen LogP contribution in [0, 0.1) is 0 Å². The third kappa shape index (κ3) is 2.06. The molecule has 1 aliphatic heterocycles. The summed E-state index contributed by atoms with van der Waals surface area (Å²) in [5, 5.41) is 47.2. The predicted octanol–water partition coefficient (Wildman–Crippen LogP) is -2.18. The van der Waals surface area contributed by atoms with Crippen LogP contribution in [-0.4, -0.2) is 70.2 Å². The second-order valence-corrected chi connectivity index (χ2v) is 5.66. The zero-order valence-electron chi connectivity index (χ0n) is 12.4. The number of aliphatic hydroxyl groups is 3. The summed E-state index contributed by atoms with van der Waals surface area (Å²) >= 11 is 0. The Morgan fingerprint density at radius 1 is 1.29 bits per heavy atom. The molecule has 0 unspecified atom stereocenters. The second-order valence-electron chi connectivity index (χ2n) is 5.66. The maximum Gasteiger partial charge on any atom is 0.152 e. The van der Waals surface area contributed by atoms with Crippen LogP contribution in [0.3, 0.4) is 0 Å². The van der Waals surface area contributed by atoms with E-state index in [0.717, 1.165) is 0 Å². The van der Waals surface area contributed by atoms with E-state index in [9.17, 15) is 15.3 Å². The molecular weight excluding hydrogens is 316 g/mol. The highest BCUT2D eigenvalue weighted by Crippen LogP contribution is 2.34. The molecule has 4 rings (SSSR count). The molecule has 7 N–H and O–H groups in total. The van der Waals surface area contributed by atoms with Crippen molar-refractivity contribution in [1.29, 1.82) is 0 Å². The summed E-state index contributed by atoms with van der Waals surface area (Å²) in [6.45, 7) is -0.300. The summed E-state index contributed by atoms with van der Waals surface area (Å²) in [7, 11) is 0. The smallest absolute Gasteiger partial charge is 0.152 e. The van der Waals surface area contributed by atoms with Gasteiger partial charge in [-0.1, -0.05) is 5.21 Å². The number of nitrogen functional groups attached to an aromatic ring is 1. The van der Waals surface area contributed by atoms with Crippen molar-refractivity contribution in [2.24, 2.45) is 0 Å². The minimum absolute atomic E-state index is 0.251. The van der Waals surface area contributed by atoms with Crippen molar-refractivity contribution in [2.45, 2.75) is 24.3 Å². The lowest BCUT2D eigenvalue weighted by atomic mass is 10.1. The Hall–Kier alpha value is -2.60.